The molecule has 0 atom stereocenters. The fourth-order valence-electron chi connectivity index (χ4n) is 1.83. The lowest BCUT2D eigenvalue weighted by atomic mass is 10.2. The van der Waals surface area contributed by atoms with E-state index >= 15 is 0 Å². The molecule has 0 aliphatic carbocycles. The molecule has 2 aromatic heterocycles. The van der Waals surface area contributed by atoms with Crippen molar-refractivity contribution in [2.75, 3.05) is 5.73 Å². The first-order chi connectivity index (χ1) is 9.63. The second-order valence-electron chi connectivity index (χ2n) is 4.32. The zero-order chi connectivity index (χ0) is 14.1. The highest BCUT2D eigenvalue weighted by atomic mass is 35.5. The topological polar surface area (TPSA) is 77.8 Å². The largest absolute Gasteiger partial charge is 0.398 e. The Morgan fingerprint density at radius 3 is 2.75 bits per heavy atom. The van der Waals surface area contributed by atoms with Gasteiger partial charge in [0, 0.05) is 16.4 Å². The summed E-state index contributed by atoms with van der Waals surface area (Å²) in [4.78, 5) is 8.67. The molecule has 3 aromatic rings. The van der Waals surface area contributed by atoms with Crippen LogP contribution in [0.15, 0.2) is 40.9 Å². The number of hydrogen-bond donors (Lipinski definition) is 1. The van der Waals surface area contributed by atoms with Crippen LogP contribution in [0.3, 0.4) is 0 Å². The van der Waals surface area contributed by atoms with Crippen LogP contribution in [0.4, 0.5) is 5.69 Å². The maximum Gasteiger partial charge on any atom is 0.260 e. The standard InChI is InChI=1S/C14H11ClN4O/c1-8-3-2-4-12(17-8)13-18-14(20-19-13)10-6-5-9(15)7-11(10)16/h2-7H,16H2,1H3. The molecule has 0 unspecified atom stereocenters. The van der Waals surface area contributed by atoms with Gasteiger partial charge in [-0.1, -0.05) is 22.8 Å². The lowest BCUT2D eigenvalue weighted by Gasteiger charge is -2.00. The maximum absolute atomic E-state index is 5.90. The van der Waals surface area contributed by atoms with Crippen molar-refractivity contribution in [3.63, 3.8) is 0 Å². The van der Waals surface area contributed by atoms with Gasteiger partial charge in [0.05, 0.1) is 5.56 Å². The van der Waals surface area contributed by atoms with E-state index in [0.717, 1.165) is 5.69 Å². The molecule has 20 heavy (non-hydrogen) atoms. The summed E-state index contributed by atoms with van der Waals surface area (Å²) in [5.41, 5.74) is 8.59. The smallest absolute Gasteiger partial charge is 0.260 e. The molecule has 0 spiro atoms. The number of nitrogens with zero attached hydrogens (tertiary/aromatic N) is 3. The molecule has 5 nitrogen and oxygen atoms in total. The third-order valence-electron chi connectivity index (χ3n) is 2.79. The van der Waals surface area contributed by atoms with Crippen LogP contribution < -0.4 is 5.73 Å². The molecule has 0 amide bonds. The Balaban J connectivity index is 2.02. The van der Waals surface area contributed by atoms with Crippen LogP contribution in [-0.2, 0) is 0 Å². The number of anilines is 1. The average molecular weight is 287 g/mol. The Kier molecular flexibility index (Phi) is 3.12. The molecule has 0 radical (unpaired) electrons. The first-order valence-corrected chi connectivity index (χ1v) is 6.34. The van der Waals surface area contributed by atoms with Crippen molar-refractivity contribution in [2.45, 2.75) is 6.92 Å². The summed E-state index contributed by atoms with van der Waals surface area (Å²) in [5, 5.41) is 4.49. The Morgan fingerprint density at radius 1 is 1.15 bits per heavy atom. The zero-order valence-corrected chi connectivity index (χ0v) is 11.4. The summed E-state index contributed by atoms with van der Waals surface area (Å²) in [5.74, 6) is 0.774. The van der Waals surface area contributed by atoms with Gasteiger partial charge in [-0.25, -0.2) is 4.98 Å². The van der Waals surface area contributed by atoms with Crippen molar-refractivity contribution >= 4 is 17.3 Å². The molecule has 3 rings (SSSR count). The highest BCUT2D eigenvalue weighted by Crippen LogP contribution is 2.28. The van der Waals surface area contributed by atoms with Crippen molar-refractivity contribution < 1.29 is 4.52 Å². The summed E-state index contributed by atoms with van der Waals surface area (Å²) in [6, 6.07) is 10.7. The Bertz CT molecular complexity index is 769. The van der Waals surface area contributed by atoms with Gasteiger partial charge < -0.3 is 10.3 Å². The number of pyridine rings is 1. The van der Waals surface area contributed by atoms with Crippen LogP contribution in [0.5, 0.6) is 0 Å². The first-order valence-electron chi connectivity index (χ1n) is 5.96. The van der Waals surface area contributed by atoms with Crippen molar-refractivity contribution in [2.24, 2.45) is 0 Å². The molecule has 0 fully saturated rings. The van der Waals surface area contributed by atoms with E-state index in [1.807, 2.05) is 25.1 Å². The average Bonchev–Trinajstić information content (AvgIpc) is 2.88. The third kappa shape index (κ3) is 2.35. The van der Waals surface area contributed by atoms with Crippen LogP contribution in [0.1, 0.15) is 5.69 Å². The van der Waals surface area contributed by atoms with E-state index in [4.69, 9.17) is 21.9 Å². The van der Waals surface area contributed by atoms with Crippen LogP contribution in [0.25, 0.3) is 23.0 Å². The van der Waals surface area contributed by atoms with E-state index in [1.54, 1.807) is 18.2 Å². The Hall–Kier alpha value is -2.40. The number of nitrogens with two attached hydrogens (primary N) is 1. The summed E-state index contributed by atoms with van der Waals surface area (Å²) < 4.78 is 5.24. The number of aryl methyl sites for hydroxylation is 1. The van der Waals surface area contributed by atoms with E-state index in [1.165, 1.54) is 0 Å². The van der Waals surface area contributed by atoms with Gasteiger partial charge in [-0.2, -0.15) is 4.98 Å². The second-order valence-corrected chi connectivity index (χ2v) is 4.76. The minimum Gasteiger partial charge on any atom is -0.398 e. The Morgan fingerprint density at radius 2 is 2.00 bits per heavy atom. The lowest BCUT2D eigenvalue weighted by Crippen LogP contribution is -1.91. The molecule has 1 aromatic carbocycles. The van der Waals surface area contributed by atoms with Crippen LogP contribution in [0, 0.1) is 6.92 Å². The lowest BCUT2D eigenvalue weighted by molar-refractivity contribution is 0.432. The van der Waals surface area contributed by atoms with Gasteiger partial charge in [-0.05, 0) is 37.3 Å². The van der Waals surface area contributed by atoms with E-state index in [0.29, 0.717) is 33.7 Å². The van der Waals surface area contributed by atoms with Gasteiger partial charge in [0.25, 0.3) is 5.89 Å². The van der Waals surface area contributed by atoms with Crippen molar-refractivity contribution in [1.82, 2.24) is 15.1 Å². The molecule has 0 saturated carbocycles. The summed E-state index contributed by atoms with van der Waals surface area (Å²) in [6.07, 6.45) is 0. The number of aromatic nitrogens is 3. The predicted octanol–water partition coefficient (Wildman–Crippen LogP) is 3.34. The monoisotopic (exact) mass is 286 g/mol. The molecular formula is C14H11ClN4O. The van der Waals surface area contributed by atoms with Gasteiger partial charge in [0.2, 0.25) is 5.82 Å². The maximum atomic E-state index is 5.90. The molecule has 6 heteroatoms. The first kappa shape index (κ1) is 12.6. The van der Waals surface area contributed by atoms with Gasteiger partial charge in [-0.3, -0.25) is 0 Å². The predicted molar refractivity (Wildman–Crippen MR) is 77.1 cm³/mol. The highest BCUT2D eigenvalue weighted by Gasteiger charge is 2.14. The molecular weight excluding hydrogens is 276 g/mol. The van der Waals surface area contributed by atoms with Crippen LogP contribution in [0.2, 0.25) is 5.02 Å². The van der Waals surface area contributed by atoms with Crippen molar-refractivity contribution in [3.05, 3.63) is 47.1 Å². The fourth-order valence-corrected chi connectivity index (χ4v) is 2.01. The quantitative estimate of drug-likeness (QED) is 0.731. The third-order valence-corrected chi connectivity index (χ3v) is 3.02. The SMILES string of the molecule is Cc1cccc(-c2noc(-c3ccc(Cl)cc3N)n2)n1. The zero-order valence-electron chi connectivity index (χ0n) is 10.7. The minimum absolute atomic E-state index is 0.345. The summed E-state index contributed by atoms with van der Waals surface area (Å²) in [6.45, 7) is 1.90. The van der Waals surface area contributed by atoms with E-state index in [2.05, 4.69) is 15.1 Å². The van der Waals surface area contributed by atoms with E-state index in [-0.39, 0.29) is 0 Å². The van der Waals surface area contributed by atoms with Gasteiger partial charge >= 0.3 is 0 Å². The van der Waals surface area contributed by atoms with Gasteiger partial charge in [0.15, 0.2) is 0 Å². The van der Waals surface area contributed by atoms with Gasteiger partial charge in [0.1, 0.15) is 5.69 Å². The number of halogens is 1. The molecule has 0 bridgehead atoms. The summed E-state index contributed by atoms with van der Waals surface area (Å²) in [7, 11) is 0. The highest BCUT2D eigenvalue weighted by molar-refractivity contribution is 6.31. The Labute approximate surface area is 120 Å². The molecule has 2 heterocycles. The van der Waals surface area contributed by atoms with E-state index in [9.17, 15) is 0 Å². The molecule has 0 aliphatic rings. The molecule has 0 saturated heterocycles. The van der Waals surface area contributed by atoms with Crippen LogP contribution in [-0.4, -0.2) is 15.1 Å². The number of hydrogen-bond acceptors (Lipinski definition) is 5. The fraction of sp³-hybridized carbons (Fsp3) is 0.0714. The normalized spacial score (nSPS) is 10.7. The number of benzene rings is 1. The second kappa shape index (κ2) is 4.94. The molecule has 0 aliphatic heterocycles. The molecule has 100 valence electrons. The van der Waals surface area contributed by atoms with Crippen molar-refractivity contribution in [3.8, 4) is 23.0 Å². The number of rotatable bonds is 2. The van der Waals surface area contributed by atoms with Crippen LogP contribution >= 0.6 is 11.6 Å². The summed E-state index contributed by atoms with van der Waals surface area (Å²) >= 11 is 5.87. The van der Waals surface area contributed by atoms with Gasteiger partial charge in [-0.15, -0.1) is 0 Å². The number of nitrogen functional groups attached to an aromatic ring is 1. The minimum atomic E-state index is 0.345. The van der Waals surface area contributed by atoms with Crippen molar-refractivity contribution in [1.29, 1.82) is 0 Å². The molecule has 2 N–H and O–H groups in total. The van der Waals surface area contributed by atoms with E-state index < -0.39 is 0 Å².